The Labute approximate surface area is 90.7 Å². The second kappa shape index (κ2) is 3.67. The minimum atomic E-state index is -0.547. The van der Waals surface area contributed by atoms with Crippen LogP contribution >= 0.6 is 15.9 Å². The number of aliphatic hydroxyl groups is 1. The standard InChI is InChI=1S/C11H10BrNO/c1-7(14)11-9(12)6-8-4-2-3-5-10(8)13-11/h2-7,14H,1H3/t7-/m1/s1. The van der Waals surface area contributed by atoms with Gasteiger partial charge in [-0.05, 0) is 35.0 Å². The van der Waals surface area contributed by atoms with Crippen LogP contribution in [0.25, 0.3) is 10.9 Å². The van der Waals surface area contributed by atoms with Gasteiger partial charge in [-0.25, -0.2) is 4.98 Å². The van der Waals surface area contributed by atoms with Gasteiger partial charge in [0.25, 0.3) is 0 Å². The molecular formula is C11H10BrNO. The van der Waals surface area contributed by atoms with E-state index in [1.165, 1.54) is 0 Å². The van der Waals surface area contributed by atoms with Gasteiger partial charge in [0.2, 0.25) is 0 Å². The molecule has 2 rings (SSSR count). The van der Waals surface area contributed by atoms with Crippen LogP contribution in [-0.2, 0) is 0 Å². The van der Waals surface area contributed by atoms with Gasteiger partial charge in [-0.2, -0.15) is 0 Å². The van der Waals surface area contributed by atoms with E-state index in [1.807, 2.05) is 30.3 Å². The van der Waals surface area contributed by atoms with Crippen molar-refractivity contribution in [2.45, 2.75) is 13.0 Å². The summed E-state index contributed by atoms with van der Waals surface area (Å²) in [5, 5.41) is 10.5. The SMILES string of the molecule is C[C@@H](O)c1nc2ccccc2cc1Br. The van der Waals surface area contributed by atoms with Crippen molar-refractivity contribution in [1.29, 1.82) is 0 Å². The van der Waals surface area contributed by atoms with Crippen LogP contribution in [0.5, 0.6) is 0 Å². The van der Waals surface area contributed by atoms with Gasteiger partial charge < -0.3 is 5.11 Å². The Morgan fingerprint density at radius 1 is 1.36 bits per heavy atom. The van der Waals surface area contributed by atoms with Gasteiger partial charge in [0.1, 0.15) is 0 Å². The summed E-state index contributed by atoms with van der Waals surface area (Å²) in [6.45, 7) is 1.71. The normalized spacial score (nSPS) is 13.1. The molecule has 0 saturated carbocycles. The van der Waals surface area contributed by atoms with E-state index in [1.54, 1.807) is 6.92 Å². The zero-order valence-electron chi connectivity index (χ0n) is 7.74. The van der Waals surface area contributed by atoms with E-state index in [9.17, 15) is 5.11 Å². The summed E-state index contributed by atoms with van der Waals surface area (Å²) in [6, 6.07) is 9.82. The lowest BCUT2D eigenvalue weighted by molar-refractivity contribution is 0.194. The maximum Gasteiger partial charge on any atom is 0.0943 e. The van der Waals surface area contributed by atoms with E-state index in [0.717, 1.165) is 15.4 Å². The molecule has 1 heterocycles. The monoisotopic (exact) mass is 251 g/mol. The van der Waals surface area contributed by atoms with Crippen LogP contribution in [0.4, 0.5) is 0 Å². The second-order valence-corrected chi connectivity index (χ2v) is 4.08. The van der Waals surface area contributed by atoms with Gasteiger partial charge in [-0.1, -0.05) is 18.2 Å². The molecule has 0 fully saturated rings. The van der Waals surface area contributed by atoms with E-state index in [-0.39, 0.29) is 0 Å². The van der Waals surface area contributed by atoms with Crippen LogP contribution in [0.3, 0.4) is 0 Å². The molecule has 0 radical (unpaired) electrons. The zero-order valence-corrected chi connectivity index (χ0v) is 9.32. The van der Waals surface area contributed by atoms with Crippen molar-refractivity contribution in [3.05, 3.63) is 40.5 Å². The zero-order chi connectivity index (χ0) is 10.1. The molecule has 2 nitrogen and oxygen atoms in total. The average molecular weight is 252 g/mol. The molecule has 72 valence electrons. The average Bonchev–Trinajstić information content (AvgIpc) is 2.16. The Kier molecular flexibility index (Phi) is 2.52. The van der Waals surface area contributed by atoms with Crippen LogP contribution in [-0.4, -0.2) is 10.1 Å². The fraction of sp³-hybridized carbons (Fsp3) is 0.182. The maximum atomic E-state index is 9.47. The van der Waals surface area contributed by atoms with Crippen molar-refractivity contribution < 1.29 is 5.11 Å². The first kappa shape index (κ1) is 9.62. The fourth-order valence-electron chi connectivity index (χ4n) is 1.40. The lowest BCUT2D eigenvalue weighted by atomic mass is 10.2. The molecule has 0 unspecified atom stereocenters. The van der Waals surface area contributed by atoms with Gasteiger partial charge in [0, 0.05) is 9.86 Å². The smallest absolute Gasteiger partial charge is 0.0943 e. The Morgan fingerprint density at radius 3 is 2.79 bits per heavy atom. The van der Waals surface area contributed by atoms with E-state index < -0.39 is 6.10 Å². The predicted molar refractivity (Wildman–Crippen MR) is 60.1 cm³/mol. The van der Waals surface area contributed by atoms with Gasteiger partial charge in [0.15, 0.2) is 0 Å². The minimum Gasteiger partial charge on any atom is -0.387 e. The quantitative estimate of drug-likeness (QED) is 0.846. The van der Waals surface area contributed by atoms with Crippen molar-refractivity contribution in [3.8, 4) is 0 Å². The summed E-state index contributed by atoms with van der Waals surface area (Å²) < 4.78 is 0.853. The molecule has 1 aromatic heterocycles. The van der Waals surface area contributed by atoms with Gasteiger partial charge in [-0.15, -0.1) is 0 Å². The first-order valence-corrected chi connectivity index (χ1v) is 5.21. The van der Waals surface area contributed by atoms with Gasteiger partial charge in [-0.3, -0.25) is 0 Å². The Balaban J connectivity index is 2.71. The highest BCUT2D eigenvalue weighted by atomic mass is 79.9. The van der Waals surface area contributed by atoms with Crippen molar-refractivity contribution in [2.75, 3.05) is 0 Å². The molecule has 3 heteroatoms. The molecule has 0 amide bonds. The molecule has 1 N–H and O–H groups in total. The molecule has 14 heavy (non-hydrogen) atoms. The number of pyridine rings is 1. The number of hydrogen-bond acceptors (Lipinski definition) is 2. The predicted octanol–water partition coefficient (Wildman–Crippen LogP) is 3.05. The van der Waals surface area contributed by atoms with Gasteiger partial charge >= 0.3 is 0 Å². The molecule has 0 spiro atoms. The Bertz CT molecular complexity index is 468. The number of para-hydroxylation sites is 1. The summed E-state index contributed by atoms with van der Waals surface area (Å²) in [6.07, 6.45) is -0.547. The molecule has 0 bridgehead atoms. The highest BCUT2D eigenvalue weighted by Crippen LogP contribution is 2.25. The van der Waals surface area contributed by atoms with E-state index in [2.05, 4.69) is 20.9 Å². The van der Waals surface area contributed by atoms with Crippen molar-refractivity contribution in [3.63, 3.8) is 0 Å². The number of halogens is 1. The lowest BCUT2D eigenvalue weighted by Gasteiger charge is -2.07. The molecule has 1 atom stereocenters. The first-order valence-electron chi connectivity index (χ1n) is 4.42. The first-order chi connectivity index (χ1) is 6.68. The van der Waals surface area contributed by atoms with E-state index >= 15 is 0 Å². The summed E-state index contributed by atoms with van der Waals surface area (Å²) >= 11 is 3.40. The van der Waals surface area contributed by atoms with Crippen LogP contribution in [0.15, 0.2) is 34.8 Å². The number of nitrogens with zero attached hydrogens (tertiary/aromatic N) is 1. The molecule has 0 saturated heterocycles. The number of benzene rings is 1. The topological polar surface area (TPSA) is 33.1 Å². The third-order valence-electron chi connectivity index (χ3n) is 2.10. The van der Waals surface area contributed by atoms with E-state index in [4.69, 9.17) is 0 Å². The number of aliphatic hydroxyl groups excluding tert-OH is 1. The fourth-order valence-corrected chi connectivity index (χ4v) is 2.06. The summed E-state index contributed by atoms with van der Waals surface area (Å²) in [5.41, 5.74) is 1.59. The highest BCUT2D eigenvalue weighted by Gasteiger charge is 2.08. The van der Waals surface area contributed by atoms with Crippen LogP contribution in [0, 0.1) is 0 Å². The highest BCUT2D eigenvalue weighted by molar-refractivity contribution is 9.10. The number of fused-ring (bicyclic) bond motifs is 1. The Morgan fingerprint density at radius 2 is 2.07 bits per heavy atom. The summed E-state index contributed by atoms with van der Waals surface area (Å²) in [5.74, 6) is 0. The molecular weight excluding hydrogens is 242 g/mol. The third kappa shape index (κ3) is 1.65. The largest absolute Gasteiger partial charge is 0.387 e. The number of aromatic nitrogens is 1. The Hall–Kier alpha value is -0.930. The lowest BCUT2D eigenvalue weighted by Crippen LogP contribution is -1.97. The van der Waals surface area contributed by atoms with Crippen molar-refractivity contribution >= 4 is 26.8 Å². The molecule has 0 aliphatic heterocycles. The van der Waals surface area contributed by atoms with Crippen LogP contribution in [0.1, 0.15) is 18.7 Å². The molecule has 1 aromatic carbocycles. The van der Waals surface area contributed by atoms with Gasteiger partial charge in [0.05, 0.1) is 17.3 Å². The summed E-state index contributed by atoms with van der Waals surface area (Å²) in [4.78, 5) is 4.38. The van der Waals surface area contributed by atoms with E-state index in [0.29, 0.717) is 5.69 Å². The van der Waals surface area contributed by atoms with Crippen molar-refractivity contribution in [2.24, 2.45) is 0 Å². The van der Waals surface area contributed by atoms with Crippen LogP contribution in [0.2, 0.25) is 0 Å². The maximum absolute atomic E-state index is 9.47. The number of rotatable bonds is 1. The molecule has 2 aromatic rings. The number of hydrogen-bond donors (Lipinski definition) is 1. The second-order valence-electron chi connectivity index (χ2n) is 3.22. The molecule has 0 aliphatic carbocycles. The minimum absolute atomic E-state index is 0.547. The van der Waals surface area contributed by atoms with Crippen LogP contribution < -0.4 is 0 Å². The third-order valence-corrected chi connectivity index (χ3v) is 2.74. The molecule has 0 aliphatic rings. The summed E-state index contributed by atoms with van der Waals surface area (Å²) in [7, 11) is 0. The van der Waals surface area contributed by atoms with Crippen molar-refractivity contribution in [1.82, 2.24) is 4.98 Å².